The zero-order chi connectivity index (χ0) is 32.8. The van der Waals surface area contributed by atoms with Gasteiger partial charge in [-0.2, -0.15) is 22.0 Å². The number of halogens is 6. The summed E-state index contributed by atoms with van der Waals surface area (Å²) in [6.07, 6.45) is 1.57. The first-order valence-corrected chi connectivity index (χ1v) is 18.1. The molecule has 0 spiro atoms. The number of alkyl halides is 6. The summed E-state index contributed by atoms with van der Waals surface area (Å²) >= 11 is 0. The van der Waals surface area contributed by atoms with Crippen LogP contribution >= 0.6 is 0 Å². The van der Waals surface area contributed by atoms with Crippen molar-refractivity contribution in [1.29, 1.82) is 0 Å². The van der Waals surface area contributed by atoms with Crippen LogP contribution in [0.5, 0.6) is 5.75 Å². The van der Waals surface area contributed by atoms with Gasteiger partial charge in [0.05, 0.1) is 6.10 Å². The molecule has 3 aliphatic rings. The lowest BCUT2D eigenvalue weighted by Gasteiger charge is -2.53. The van der Waals surface area contributed by atoms with Crippen LogP contribution < -0.4 is 4.74 Å². The summed E-state index contributed by atoms with van der Waals surface area (Å²) in [6.45, 7) is 2.28. The lowest BCUT2D eigenvalue weighted by Crippen LogP contribution is -2.47. The highest BCUT2D eigenvalue weighted by atomic mass is 32.2. The molecule has 0 saturated heterocycles. The molecule has 1 aromatic rings. The maximum atomic E-state index is 14.9. The third-order valence-corrected chi connectivity index (χ3v) is 12.4. The molecule has 4 nitrogen and oxygen atoms in total. The number of ether oxygens (including phenoxy) is 2. The van der Waals surface area contributed by atoms with Crippen LogP contribution in [-0.4, -0.2) is 59.1 Å². The molecule has 3 aliphatic carbocycles. The van der Waals surface area contributed by atoms with Crippen LogP contribution in [0.3, 0.4) is 0 Å². The van der Waals surface area contributed by atoms with Gasteiger partial charge < -0.3 is 14.6 Å². The molecule has 0 bridgehead atoms. The average Bonchev–Trinajstić information content (AvgIpc) is 3.22. The fraction of sp³-hybridized carbons (Fsp3) is 0.824. The number of aliphatic hydroxyl groups excluding tert-OH is 1. The van der Waals surface area contributed by atoms with Gasteiger partial charge in [0.1, 0.15) is 11.9 Å². The van der Waals surface area contributed by atoms with E-state index >= 15 is 0 Å². The second-order valence-electron chi connectivity index (χ2n) is 13.8. The number of rotatable bonds is 17. The number of aliphatic hydroxyl groups is 1. The molecular weight excluding hydrogens is 618 g/mol. The number of methoxy groups -OCH3 is 1. The predicted molar refractivity (Wildman–Crippen MR) is 164 cm³/mol. The lowest BCUT2D eigenvalue weighted by molar-refractivity contribution is -0.284. The van der Waals surface area contributed by atoms with E-state index < -0.39 is 48.0 Å². The van der Waals surface area contributed by atoms with Gasteiger partial charge in [-0.25, -0.2) is 4.39 Å². The Kier molecular flexibility index (Phi) is 12.7. The van der Waals surface area contributed by atoms with Crippen molar-refractivity contribution in [3.05, 3.63) is 29.3 Å². The fourth-order valence-electron chi connectivity index (χ4n) is 8.47. The van der Waals surface area contributed by atoms with E-state index in [0.717, 1.165) is 70.0 Å². The monoisotopic (exact) mass is 668 g/mol. The van der Waals surface area contributed by atoms with Crippen molar-refractivity contribution < 1.29 is 45.1 Å². The Morgan fingerprint density at radius 3 is 2.36 bits per heavy atom. The van der Waals surface area contributed by atoms with E-state index in [1.54, 1.807) is 7.11 Å². The van der Waals surface area contributed by atoms with Gasteiger partial charge in [0.2, 0.25) is 0 Å². The van der Waals surface area contributed by atoms with E-state index in [4.69, 9.17) is 9.47 Å². The molecular formula is C34H50F6O4S. The van der Waals surface area contributed by atoms with Crippen molar-refractivity contribution in [2.75, 3.05) is 25.4 Å². The van der Waals surface area contributed by atoms with Crippen LogP contribution in [-0.2, 0) is 22.0 Å². The average molecular weight is 669 g/mol. The molecule has 4 rings (SSSR count). The molecule has 1 unspecified atom stereocenters. The van der Waals surface area contributed by atoms with Crippen LogP contribution in [0.15, 0.2) is 18.2 Å². The second kappa shape index (κ2) is 15.7. The van der Waals surface area contributed by atoms with Gasteiger partial charge in [0, 0.05) is 35.8 Å². The maximum absolute atomic E-state index is 14.9. The second-order valence-corrected chi connectivity index (χ2v) is 15.5. The van der Waals surface area contributed by atoms with Crippen LogP contribution in [0.1, 0.15) is 107 Å². The third kappa shape index (κ3) is 8.78. The molecule has 2 fully saturated rings. The molecule has 0 aromatic heterocycles. The van der Waals surface area contributed by atoms with E-state index in [9.17, 15) is 35.7 Å². The SMILES string of the molecule is COCOc1ccc2c(c1)C[C@@H](CCCCCCCCCS(=O)CCCC(F)(F)C(F)(F)F)[C@@H]1[C@@H]2CC[C@]2(C)[C@@H](O)[C@H](F)C[C@@H]12. The van der Waals surface area contributed by atoms with E-state index in [1.807, 2.05) is 6.07 Å². The summed E-state index contributed by atoms with van der Waals surface area (Å²) in [4.78, 5) is 0. The largest absolute Gasteiger partial charge is 0.468 e. The van der Waals surface area contributed by atoms with Gasteiger partial charge in [-0.05, 0) is 97.3 Å². The zero-order valence-corrected chi connectivity index (χ0v) is 27.4. The number of unbranched alkanes of at least 4 members (excludes halogenated alkanes) is 6. The molecule has 45 heavy (non-hydrogen) atoms. The van der Waals surface area contributed by atoms with Crippen LogP contribution in [0.4, 0.5) is 26.3 Å². The number of fused-ring (bicyclic) bond motifs is 5. The standard InChI is InChI=1S/C34H50F6O4S/c1-32-16-14-27-26-13-12-25(44-22-43-2)20-24(26)19-23(30(27)28(32)21-29(35)31(32)41)11-8-6-4-3-5-7-9-17-45(42)18-10-15-33(36,37)34(38,39)40/h12-13,20,23,27-31,41H,3-11,14-19,21-22H2,1-2H3/t23-,27-,28+,29-,30-,31+,32+,45?/m1/s1. The van der Waals surface area contributed by atoms with E-state index in [0.29, 0.717) is 36.3 Å². The van der Waals surface area contributed by atoms with Gasteiger partial charge >= 0.3 is 12.1 Å². The molecule has 1 N–H and O–H groups in total. The van der Waals surface area contributed by atoms with Crippen molar-refractivity contribution in [2.45, 2.75) is 127 Å². The summed E-state index contributed by atoms with van der Waals surface area (Å²) in [5.41, 5.74) is 2.27. The number of benzene rings is 1. The molecule has 11 heteroatoms. The van der Waals surface area contributed by atoms with Crippen molar-refractivity contribution >= 4 is 10.8 Å². The Bertz CT molecular complexity index is 1120. The summed E-state index contributed by atoms with van der Waals surface area (Å²) < 4.78 is 100. The van der Waals surface area contributed by atoms with Crippen molar-refractivity contribution in [1.82, 2.24) is 0 Å². The number of hydrogen-bond donors (Lipinski definition) is 1. The minimum Gasteiger partial charge on any atom is -0.468 e. The molecule has 1 aromatic carbocycles. The highest BCUT2D eigenvalue weighted by Gasteiger charge is 2.60. The minimum absolute atomic E-state index is 0.133. The molecule has 258 valence electrons. The van der Waals surface area contributed by atoms with Gasteiger partial charge in [-0.1, -0.05) is 51.5 Å². The fourth-order valence-corrected chi connectivity index (χ4v) is 9.66. The van der Waals surface area contributed by atoms with Gasteiger partial charge in [0.25, 0.3) is 0 Å². The van der Waals surface area contributed by atoms with Crippen molar-refractivity contribution in [3.63, 3.8) is 0 Å². The smallest absolute Gasteiger partial charge is 0.453 e. The van der Waals surface area contributed by atoms with E-state index in [2.05, 4.69) is 19.1 Å². The van der Waals surface area contributed by atoms with Gasteiger partial charge in [-0.3, -0.25) is 4.21 Å². The van der Waals surface area contributed by atoms with Crippen molar-refractivity contribution in [2.24, 2.45) is 23.2 Å². The first-order valence-electron chi connectivity index (χ1n) is 16.6. The normalized spacial score (nSPS) is 30.4. The van der Waals surface area contributed by atoms with E-state index in [-0.39, 0.29) is 23.9 Å². The lowest BCUT2D eigenvalue weighted by atomic mass is 9.52. The molecule has 0 aliphatic heterocycles. The molecule has 0 heterocycles. The quantitative estimate of drug-likeness (QED) is 0.102. The molecule has 0 radical (unpaired) electrons. The Balaban J connectivity index is 1.21. The van der Waals surface area contributed by atoms with Crippen LogP contribution in [0.2, 0.25) is 0 Å². The number of hydrogen-bond acceptors (Lipinski definition) is 4. The molecule has 0 amide bonds. The Labute approximate surface area is 266 Å². The van der Waals surface area contributed by atoms with Crippen LogP contribution in [0.25, 0.3) is 0 Å². The maximum Gasteiger partial charge on any atom is 0.453 e. The summed E-state index contributed by atoms with van der Waals surface area (Å²) in [5.74, 6) is -2.46. The van der Waals surface area contributed by atoms with E-state index in [1.165, 1.54) is 11.1 Å². The Morgan fingerprint density at radius 2 is 1.67 bits per heavy atom. The molecule has 2 saturated carbocycles. The van der Waals surface area contributed by atoms with Gasteiger partial charge in [0.15, 0.2) is 6.79 Å². The zero-order valence-electron chi connectivity index (χ0n) is 26.6. The Morgan fingerprint density at radius 1 is 1.00 bits per heavy atom. The highest BCUT2D eigenvalue weighted by molar-refractivity contribution is 7.84. The predicted octanol–water partition coefficient (Wildman–Crippen LogP) is 8.91. The van der Waals surface area contributed by atoms with Gasteiger partial charge in [-0.15, -0.1) is 0 Å². The summed E-state index contributed by atoms with van der Waals surface area (Å²) in [5, 5.41) is 10.8. The Hall–Kier alpha value is -1.33. The van der Waals surface area contributed by atoms with Crippen LogP contribution in [0, 0.1) is 23.2 Å². The van der Waals surface area contributed by atoms with Crippen molar-refractivity contribution in [3.8, 4) is 5.75 Å². The third-order valence-electron chi connectivity index (χ3n) is 10.9. The summed E-state index contributed by atoms with van der Waals surface area (Å²) in [7, 11) is 0.214. The minimum atomic E-state index is -5.56. The topological polar surface area (TPSA) is 55.8 Å². The molecule has 8 atom stereocenters. The highest BCUT2D eigenvalue weighted by Crippen LogP contribution is 2.63. The first-order chi connectivity index (χ1) is 21.3. The summed E-state index contributed by atoms with van der Waals surface area (Å²) in [6, 6.07) is 6.32. The first kappa shape index (κ1) is 36.5.